The Labute approximate surface area is 214 Å². The van der Waals surface area contributed by atoms with Crippen LogP contribution in [0.4, 0.5) is 11.5 Å². The standard InChI is InChI=1S/C25H20IN7O2/c1-15-6-8-16(9-7-15)25(34)29-21-13-28-24(30-23(21)27)20-12-22(19-10-11-35-32-19)33(31-20)14-17-4-2-3-5-18(17)26/h2-13H,14H2,1H3,(H,29,34)(H2,27,28,30). The van der Waals surface area contributed by atoms with Crippen molar-refractivity contribution in [1.82, 2.24) is 24.9 Å². The zero-order valence-electron chi connectivity index (χ0n) is 18.6. The van der Waals surface area contributed by atoms with Crippen LogP contribution in [0.1, 0.15) is 21.5 Å². The Hall–Kier alpha value is -4.06. The summed E-state index contributed by atoms with van der Waals surface area (Å²) in [5.41, 5.74) is 11.1. The van der Waals surface area contributed by atoms with Crippen molar-refractivity contribution < 1.29 is 9.32 Å². The fourth-order valence-electron chi connectivity index (χ4n) is 3.50. The zero-order chi connectivity index (χ0) is 24.4. The lowest BCUT2D eigenvalue weighted by Crippen LogP contribution is -2.14. The predicted molar refractivity (Wildman–Crippen MR) is 141 cm³/mol. The molecule has 0 unspecified atom stereocenters. The van der Waals surface area contributed by atoms with E-state index in [1.165, 1.54) is 12.5 Å². The van der Waals surface area contributed by atoms with Crippen LogP contribution in [0.3, 0.4) is 0 Å². The van der Waals surface area contributed by atoms with Crippen LogP contribution in [0, 0.1) is 10.5 Å². The topological polar surface area (TPSA) is 125 Å². The van der Waals surface area contributed by atoms with Gasteiger partial charge in [0.05, 0.1) is 18.4 Å². The number of carbonyl (C=O) groups is 1. The molecule has 5 rings (SSSR count). The van der Waals surface area contributed by atoms with Crippen molar-refractivity contribution in [3.63, 3.8) is 0 Å². The Morgan fingerprint density at radius 3 is 2.63 bits per heavy atom. The molecule has 0 saturated carbocycles. The summed E-state index contributed by atoms with van der Waals surface area (Å²) in [6.07, 6.45) is 3.00. The van der Waals surface area contributed by atoms with E-state index < -0.39 is 0 Å². The molecule has 0 spiro atoms. The lowest BCUT2D eigenvalue weighted by molar-refractivity contribution is 0.102. The molecule has 0 aliphatic carbocycles. The fraction of sp³-hybridized carbons (Fsp3) is 0.0800. The first-order chi connectivity index (χ1) is 17.0. The molecule has 9 nitrogen and oxygen atoms in total. The van der Waals surface area contributed by atoms with Crippen molar-refractivity contribution in [3.05, 3.63) is 93.4 Å². The van der Waals surface area contributed by atoms with Crippen LogP contribution in [0.25, 0.3) is 22.9 Å². The molecule has 0 fully saturated rings. The van der Waals surface area contributed by atoms with Gasteiger partial charge in [-0.3, -0.25) is 9.48 Å². The summed E-state index contributed by atoms with van der Waals surface area (Å²) in [4.78, 5) is 21.4. The molecule has 3 N–H and O–H groups in total. The Kier molecular flexibility index (Phi) is 6.27. The molecular weight excluding hydrogens is 557 g/mol. The molecule has 0 aliphatic rings. The van der Waals surface area contributed by atoms with Crippen molar-refractivity contribution in [2.45, 2.75) is 13.5 Å². The second kappa shape index (κ2) is 9.66. The third kappa shape index (κ3) is 4.92. The Morgan fingerprint density at radius 1 is 1.11 bits per heavy atom. The van der Waals surface area contributed by atoms with Crippen molar-refractivity contribution in [1.29, 1.82) is 0 Å². The van der Waals surface area contributed by atoms with Gasteiger partial charge in [0.2, 0.25) is 0 Å². The van der Waals surface area contributed by atoms with E-state index in [0.717, 1.165) is 20.4 Å². The van der Waals surface area contributed by atoms with E-state index >= 15 is 0 Å². The molecular formula is C25H20IN7O2. The van der Waals surface area contributed by atoms with Crippen LogP contribution in [-0.2, 0) is 6.54 Å². The number of aryl methyl sites for hydroxylation is 1. The first-order valence-electron chi connectivity index (χ1n) is 10.7. The van der Waals surface area contributed by atoms with Gasteiger partial charge in [0.15, 0.2) is 11.6 Å². The lowest BCUT2D eigenvalue weighted by Gasteiger charge is -2.08. The molecule has 0 aliphatic heterocycles. The third-order valence-electron chi connectivity index (χ3n) is 5.37. The number of nitrogens with zero attached hydrogens (tertiary/aromatic N) is 5. The molecule has 1 amide bonds. The average Bonchev–Trinajstić information content (AvgIpc) is 3.52. The Morgan fingerprint density at radius 2 is 1.91 bits per heavy atom. The van der Waals surface area contributed by atoms with E-state index in [0.29, 0.717) is 35.0 Å². The number of nitrogens with two attached hydrogens (primary N) is 1. The molecule has 0 radical (unpaired) electrons. The molecule has 3 aromatic heterocycles. The van der Waals surface area contributed by atoms with E-state index in [1.54, 1.807) is 18.2 Å². The van der Waals surface area contributed by atoms with Crippen LogP contribution in [-0.4, -0.2) is 30.8 Å². The van der Waals surface area contributed by atoms with Gasteiger partial charge < -0.3 is 15.6 Å². The SMILES string of the molecule is Cc1ccc(C(=O)Nc2cnc(-c3cc(-c4ccon4)n(Cc4ccccc4I)n3)nc2N)cc1. The molecule has 0 saturated heterocycles. The quantitative estimate of drug-likeness (QED) is 0.278. The first kappa shape index (κ1) is 22.7. The highest BCUT2D eigenvalue weighted by molar-refractivity contribution is 14.1. The summed E-state index contributed by atoms with van der Waals surface area (Å²) in [5, 5.41) is 11.6. The van der Waals surface area contributed by atoms with Crippen molar-refractivity contribution in [2.24, 2.45) is 0 Å². The van der Waals surface area contributed by atoms with Crippen LogP contribution in [0.2, 0.25) is 0 Å². The maximum atomic E-state index is 12.6. The van der Waals surface area contributed by atoms with E-state index in [-0.39, 0.29) is 11.7 Å². The van der Waals surface area contributed by atoms with Crippen molar-refractivity contribution in [3.8, 4) is 22.9 Å². The Balaban J connectivity index is 1.44. The molecule has 0 bridgehead atoms. The van der Waals surface area contributed by atoms with Gasteiger partial charge in [-0.25, -0.2) is 9.97 Å². The first-order valence-corrected chi connectivity index (χ1v) is 11.8. The molecule has 5 aromatic rings. The van der Waals surface area contributed by atoms with Crippen molar-refractivity contribution >= 4 is 40.0 Å². The maximum Gasteiger partial charge on any atom is 0.255 e. The van der Waals surface area contributed by atoms with Crippen LogP contribution >= 0.6 is 22.6 Å². The molecule has 10 heteroatoms. The maximum absolute atomic E-state index is 12.6. The summed E-state index contributed by atoms with van der Waals surface area (Å²) in [6, 6.07) is 18.9. The Bertz CT molecular complexity index is 1500. The minimum absolute atomic E-state index is 0.144. The summed E-state index contributed by atoms with van der Waals surface area (Å²) >= 11 is 2.30. The van der Waals surface area contributed by atoms with E-state index in [4.69, 9.17) is 15.4 Å². The summed E-state index contributed by atoms with van der Waals surface area (Å²) in [7, 11) is 0. The molecule has 0 atom stereocenters. The second-order valence-corrected chi connectivity index (χ2v) is 9.02. The van der Waals surface area contributed by atoms with E-state index in [1.807, 2.05) is 48.0 Å². The second-order valence-electron chi connectivity index (χ2n) is 7.86. The number of aromatic nitrogens is 5. The van der Waals surface area contributed by atoms with Gasteiger partial charge in [-0.05, 0) is 59.3 Å². The molecule has 35 heavy (non-hydrogen) atoms. The molecule has 3 heterocycles. The van der Waals surface area contributed by atoms with Crippen LogP contribution in [0.5, 0.6) is 0 Å². The lowest BCUT2D eigenvalue weighted by atomic mass is 10.1. The van der Waals surface area contributed by atoms with Gasteiger partial charge >= 0.3 is 0 Å². The summed E-state index contributed by atoms with van der Waals surface area (Å²) < 4.78 is 8.00. The van der Waals surface area contributed by atoms with Gasteiger partial charge in [0, 0.05) is 15.2 Å². The van der Waals surface area contributed by atoms with E-state index in [9.17, 15) is 4.79 Å². The third-order valence-corrected chi connectivity index (χ3v) is 6.42. The van der Waals surface area contributed by atoms with E-state index in [2.05, 4.69) is 49.1 Å². The smallest absolute Gasteiger partial charge is 0.255 e. The highest BCUT2D eigenvalue weighted by Gasteiger charge is 2.18. The van der Waals surface area contributed by atoms with Crippen LogP contribution < -0.4 is 11.1 Å². The number of nitrogens with one attached hydrogen (secondary N) is 1. The zero-order valence-corrected chi connectivity index (χ0v) is 20.8. The summed E-state index contributed by atoms with van der Waals surface area (Å²) in [6.45, 7) is 2.49. The number of halogens is 1. The van der Waals surface area contributed by atoms with Crippen molar-refractivity contribution in [2.75, 3.05) is 11.1 Å². The minimum atomic E-state index is -0.289. The number of hydrogen-bond donors (Lipinski definition) is 2. The fourth-order valence-corrected chi connectivity index (χ4v) is 4.06. The number of hydrogen-bond acceptors (Lipinski definition) is 7. The van der Waals surface area contributed by atoms with Gasteiger partial charge in [-0.15, -0.1) is 0 Å². The number of nitrogen functional groups attached to an aromatic ring is 1. The number of rotatable bonds is 6. The predicted octanol–water partition coefficient (Wildman–Crippen LogP) is 4.79. The average molecular weight is 577 g/mol. The molecule has 174 valence electrons. The number of anilines is 2. The molecule has 2 aromatic carbocycles. The van der Waals surface area contributed by atoms with Gasteiger partial charge in [0.25, 0.3) is 5.91 Å². The van der Waals surface area contributed by atoms with Crippen LogP contribution in [0.15, 0.2) is 77.6 Å². The minimum Gasteiger partial charge on any atom is -0.382 e. The monoisotopic (exact) mass is 577 g/mol. The number of carbonyl (C=O) groups excluding carboxylic acids is 1. The number of amides is 1. The normalized spacial score (nSPS) is 10.9. The highest BCUT2D eigenvalue weighted by atomic mass is 127. The van der Waals surface area contributed by atoms with Gasteiger partial charge in [-0.1, -0.05) is 41.1 Å². The van der Waals surface area contributed by atoms with Gasteiger partial charge in [-0.2, -0.15) is 5.10 Å². The largest absolute Gasteiger partial charge is 0.382 e. The summed E-state index contributed by atoms with van der Waals surface area (Å²) in [5.74, 6) is 0.191. The number of benzene rings is 2. The highest BCUT2D eigenvalue weighted by Crippen LogP contribution is 2.27. The van der Waals surface area contributed by atoms with Gasteiger partial charge in [0.1, 0.15) is 23.3 Å².